The maximum atomic E-state index is 5.48. The molecule has 0 saturated heterocycles. The lowest BCUT2D eigenvalue weighted by Gasteiger charge is -2.12. The fourth-order valence-electron chi connectivity index (χ4n) is 1.67. The summed E-state index contributed by atoms with van der Waals surface area (Å²) in [6.45, 7) is 6.61. The van der Waals surface area contributed by atoms with Crippen molar-refractivity contribution < 1.29 is 4.74 Å². The molecule has 0 fully saturated rings. The first-order valence-electron chi connectivity index (χ1n) is 6.08. The summed E-state index contributed by atoms with van der Waals surface area (Å²) in [6, 6.07) is 2.56. The number of hydrogen-bond acceptors (Lipinski definition) is 3. The van der Waals surface area contributed by atoms with Crippen LogP contribution in [-0.4, -0.2) is 30.0 Å². The average molecular weight is 225 g/mol. The van der Waals surface area contributed by atoms with E-state index in [1.54, 1.807) is 0 Å². The second kappa shape index (κ2) is 7.41. The van der Waals surface area contributed by atoms with Crippen molar-refractivity contribution in [3.05, 3.63) is 18.0 Å². The van der Waals surface area contributed by atoms with Crippen LogP contribution in [0.25, 0.3) is 0 Å². The summed E-state index contributed by atoms with van der Waals surface area (Å²) in [4.78, 5) is 0. The number of hydrogen-bond donors (Lipinski definition) is 1. The third-order valence-corrected chi connectivity index (χ3v) is 2.73. The molecule has 0 radical (unpaired) electrons. The van der Waals surface area contributed by atoms with Gasteiger partial charge in [0.05, 0.1) is 24.9 Å². The van der Waals surface area contributed by atoms with Gasteiger partial charge in [0.25, 0.3) is 0 Å². The van der Waals surface area contributed by atoms with Crippen LogP contribution in [0.4, 0.5) is 0 Å². The highest BCUT2D eigenvalue weighted by molar-refractivity contribution is 4.98. The lowest BCUT2D eigenvalue weighted by atomic mass is 10.2. The largest absolute Gasteiger partial charge is 0.374 e. The van der Waals surface area contributed by atoms with Gasteiger partial charge in [0.15, 0.2) is 0 Å². The smallest absolute Gasteiger partial charge is 0.0907 e. The molecule has 1 rings (SSSR count). The first kappa shape index (κ1) is 13.2. The molecule has 0 aliphatic carbocycles. The topological polar surface area (TPSA) is 39.1 Å². The van der Waals surface area contributed by atoms with E-state index in [1.165, 1.54) is 0 Å². The lowest BCUT2D eigenvalue weighted by Crippen LogP contribution is -2.14. The number of nitrogens with one attached hydrogen (secondary N) is 1. The van der Waals surface area contributed by atoms with E-state index < -0.39 is 0 Å². The van der Waals surface area contributed by atoms with Gasteiger partial charge in [0.2, 0.25) is 0 Å². The van der Waals surface area contributed by atoms with Crippen molar-refractivity contribution in [2.24, 2.45) is 0 Å². The van der Waals surface area contributed by atoms with Gasteiger partial charge in [-0.1, -0.05) is 13.8 Å². The monoisotopic (exact) mass is 225 g/mol. The molecule has 1 N–H and O–H groups in total. The normalized spacial score (nSPS) is 11.2. The third-order valence-electron chi connectivity index (χ3n) is 2.73. The van der Waals surface area contributed by atoms with Gasteiger partial charge < -0.3 is 10.1 Å². The standard InChI is InChI=1S/C12H23N3O/c1-4-12(5-2)15-8-6-11(14-15)10-16-9-7-13-3/h6,8,12-13H,4-5,7,9-10H2,1-3H3. The Bertz CT molecular complexity index is 282. The Hall–Kier alpha value is -0.870. The van der Waals surface area contributed by atoms with E-state index in [2.05, 4.69) is 35.1 Å². The molecule has 1 heterocycles. The van der Waals surface area contributed by atoms with E-state index in [0.29, 0.717) is 12.6 Å². The van der Waals surface area contributed by atoms with Gasteiger partial charge in [-0.25, -0.2) is 0 Å². The first-order valence-corrected chi connectivity index (χ1v) is 6.08. The van der Waals surface area contributed by atoms with Crippen LogP contribution in [0.5, 0.6) is 0 Å². The molecule has 0 unspecified atom stereocenters. The first-order chi connectivity index (χ1) is 7.81. The molecule has 0 aliphatic heterocycles. The molecule has 0 spiro atoms. The van der Waals surface area contributed by atoms with Gasteiger partial charge >= 0.3 is 0 Å². The van der Waals surface area contributed by atoms with E-state index in [4.69, 9.17) is 4.74 Å². The number of rotatable bonds is 8. The zero-order chi connectivity index (χ0) is 11.8. The Morgan fingerprint density at radius 3 is 2.81 bits per heavy atom. The molecule has 0 atom stereocenters. The molecular weight excluding hydrogens is 202 g/mol. The number of ether oxygens (including phenoxy) is 1. The summed E-state index contributed by atoms with van der Waals surface area (Å²) in [5.74, 6) is 0. The minimum Gasteiger partial charge on any atom is -0.374 e. The van der Waals surface area contributed by atoms with Gasteiger partial charge in [-0.15, -0.1) is 0 Å². The molecule has 0 bridgehead atoms. The van der Waals surface area contributed by atoms with Crippen molar-refractivity contribution in [1.82, 2.24) is 15.1 Å². The molecule has 92 valence electrons. The molecule has 0 aliphatic rings. The lowest BCUT2D eigenvalue weighted by molar-refractivity contribution is 0.120. The molecule has 1 aromatic rings. The minimum absolute atomic E-state index is 0.519. The second-order valence-electron chi connectivity index (χ2n) is 3.91. The zero-order valence-electron chi connectivity index (χ0n) is 10.6. The molecule has 0 amide bonds. The van der Waals surface area contributed by atoms with Gasteiger partial charge in [-0.3, -0.25) is 4.68 Å². The molecular formula is C12H23N3O. The van der Waals surface area contributed by atoms with Gasteiger partial charge in [0.1, 0.15) is 0 Å². The Kier molecular flexibility index (Phi) is 6.11. The predicted octanol–water partition coefficient (Wildman–Crippen LogP) is 1.98. The highest BCUT2D eigenvalue weighted by Gasteiger charge is 2.07. The van der Waals surface area contributed by atoms with E-state index in [1.807, 2.05) is 13.1 Å². The van der Waals surface area contributed by atoms with Crippen molar-refractivity contribution in [2.75, 3.05) is 20.2 Å². The molecule has 16 heavy (non-hydrogen) atoms. The van der Waals surface area contributed by atoms with Crippen LogP contribution in [0.15, 0.2) is 12.3 Å². The van der Waals surface area contributed by atoms with E-state index in [9.17, 15) is 0 Å². The highest BCUT2D eigenvalue weighted by Crippen LogP contribution is 2.14. The Morgan fingerprint density at radius 1 is 1.44 bits per heavy atom. The fourth-order valence-corrected chi connectivity index (χ4v) is 1.67. The molecule has 4 nitrogen and oxygen atoms in total. The Labute approximate surface area is 98.0 Å². The SMILES string of the molecule is CCC(CC)n1ccc(COCCNC)n1. The van der Waals surface area contributed by atoms with Crippen molar-refractivity contribution in [1.29, 1.82) is 0 Å². The maximum Gasteiger partial charge on any atom is 0.0907 e. The van der Waals surface area contributed by atoms with Crippen LogP contribution in [0.1, 0.15) is 38.4 Å². The van der Waals surface area contributed by atoms with Gasteiger partial charge in [-0.2, -0.15) is 5.10 Å². The van der Waals surface area contributed by atoms with Gasteiger partial charge in [-0.05, 0) is 26.0 Å². The van der Waals surface area contributed by atoms with Crippen molar-refractivity contribution >= 4 is 0 Å². The molecule has 0 aromatic carbocycles. The number of likely N-dealkylation sites (N-methyl/N-ethyl adjacent to an activating group) is 1. The summed E-state index contributed by atoms with van der Waals surface area (Å²) >= 11 is 0. The van der Waals surface area contributed by atoms with Crippen molar-refractivity contribution in [3.63, 3.8) is 0 Å². The fraction of sp³-hybridized carbons (Fsp3) is 0.750. The third kappa shape index (κ3) is 3.94. The summed E-state index contributed by atoms with van der Waals surface area (Å²) in [6.07, 6.45) is 4.30. The average Bonchev–Trinajstić information content (AvgIpc) is 2.75. The van der Waals surface area contributed by atoms with Crippen molar-refractivity contribution in [3.8, 4) is 0 Å². The summed E-state index contributed by atoms with van der Waals surface area (Å²) < 4.78 is 7.53. The summed E-state index contributed by atoms with van der Waals surface area (Å²) in [7, 11) is 1.92. The van der Waals surface area contributed by atoms with Crippen LogP contribution in [0.2, 0.25) is 0 Å². The number of nitrogens with zero attached hydrogens (tertiary/aromatic N) is 2. The zero-order valence-corrected chi connectivity index (χ0v) is 10.6. The number of aromatic nitrogens is 2. The quantitative estimate of drug-likeness (QED) is 0.688. The van der Waals surface area contributed by atoms with Gasteiger partial charge in [0, 0.05) is 12.7 Å². The van der Waals surface area contributed by atoms with E-state index >= 15 is 0 Å². The molecule has 1 aromatic heterocycles. The Morgan fingerprint density at radius 2 is 2.19 bits per heavy atom. The van der Waals surface area contributed by atoms with Crippen LogP contribution >= 0.6 is 0 Å². The maximum absolute atomic E-state index is 5.48. The second-order valence-corrected chi connectivity index (χ2v) is 3.91. The predicted molar refractivity (Wildman–Crippen MR) is 65.4 cm³/mol. The highest BCUT2D eigenvalue weighted by atomic mass is 16.5. The summed E-state index contributed by atoms with van der Waals surface area (Å²) in [5, 5.41) is 7.57. The minimum atomic E-state index is 0.519. The van der Waals surface area contributed by atoms with Crippen molar-refractivity contribution in [2.45, 2.75) is 39.3 Å². The van der Waals surface area contributed by atoms with Crippen LogP contribution in [0.3, 0.4) is 0 Å². The van der Waals surface area contributed by atoms with Crippen LogP contribution in [-0.2, 0) is 11.3 Å². The Balaban J connectivity index is 2.38. The van der Waals surface area contributed by atoms with E-state index in [-0.39, 0.29) is 0 Å². The summed E-state index contributed by atoms with van der Waals surface area (Å²) in [5.41, 5.74) is 1.02. The molecule has 4 heteroatoms. The molecule has 0 saturated carbocycles. The van der Waals surface area contributed by atoms with E-state index in [0.717, 1.165) is 31.7 Å². The van der Waals surface area contributed by atoms with Crippen LogP contribution < -0.4 is 5.32 Å². The van der Waals surface area contributed by atoms with Crippen LogP contribution in [0, 0.1) is 0 Å².